The van der Waals surface area contributed by atoms with Gasteiger partial charge in [-0.05, 0) is 36.5 Å². The van der Waals surface area contributed by atoms with Gasteiger partial charge in [-0.1, -0.05) is 37.6 Å². The molecule has 0 saturated carbocycles. The third-order valence-corrected chi connectivity index (χ3v) is 6.24. The summed E-state index contributed by atoms with van der Waals surface area (Å²) in [6.07, 6.45) is 2.36. The molecular formula is C21H28O4. The molecule has 0 unspecified atom stereocenters. The minimum atomic E-state index is -0.228. The Labute approximate surface area is 150 Å². The first-order valence-corrected chi connectivity index (χ1v) is 8.96. The number of allylic oxidation sites excluding steroid dienone is 1. The molecule has 1 aliphatic carbocycles. The molecule has 5 atom stereocenters. The van der Waals surface area contributed by atoms with Gasteiger partial charge in [0, 0.05) is 18.3 Å². The van der Waals surface area contributed by atoms with E-state index in [0.29, 0.717) is 25.0 Å². The van der Waals surface area contributed by atoms with Crippen LogP contribution in [-0.4, -0.2) is 26.3 Å². The topological polar surface area (TPSA) is 44.8 Å². The fraction of sp³-hybridized carbons (Fsp3) is 0.571. The summed E-state index contributed by atoms with van der Waals surface area (Å²) in [6.45, 7) is 9.16. The molecule has 0 amide bonds. The highest BCUT2D eigenvalue weighted by Gasteiger charge is 2.54. The number of fused-ring (bicyclic) bond motifs is 2. The number of carbonyl (C=O) groups is 1. The lowest BCUT2D eigenvalue weighted by Gasteiger charge is -2.55. The molecular weight excluding hydrogens is 316 g/mol. The molecule has 25 heavy (non-hydrogen) atoms. The molecule has 4 heteroatoms. The summed E-state index contributed by atoms with van der Waals surface area (Å²) in [5.74, 6) is 1.59. The van der Waals surface area contributed by atoms with E-state index < -0.39 is 0 Å². The monoisotopic (exact) mass is 344 g/mol. The zero-order valence-electron chi connectivity index (χ0n) is 15.7. The van der Waals surface area contributed by atoms with Crippen molar-refractivity contribution in [1.29, 1.82) is 0 Å². The average molecular weight is 344 g/mol. The van der Waals surface area contributed by atoms with E-state index in [9.17, 15) is 4.79 Å². The van der Waals surface area contributed by atoms with Crippen molar-refractivity contribution in [2.45, 2.75) is 33.8 Å². The van der Waals surface area contributed by atoms with Gasteiger partial charge in [0.05, 0.1) is 26.4 Å². The van der Waals surface area contributed by atoms with Gasteiger partial charge in [-0.2, -0.15) is 0 Å². The molecule has 1 aromatic carbocycles. The second-order valence-corrected chi connectivity index (χ2v) is 7.53. The number of hydrogen-bond donors (Lipinski definition) is 0. The van der Waals surface area contributed by atoms with Crippen LogP contribution in [0.25, 0.3) is 0 Å². The smallest absolute Gasteiger partial charge is 0.302 e. The molecule has 0 radical (unpaired) electrons. The number of benzene rings is 1. The predicted molar refractivity (Wildman–Crippen MR) is 96.3 cm³/mol. The first-order valence-electron chi connectivity index (χ1n) is 8.96. The van der Waals surface area contributed by atoms with E-state index in [4.69, 9.17) is 14.2 Å². The van der Waals surface area contributed by atoms with E-state index in [-0.39, 0.29) is 23.4 Å². The predicted octanol–water partition coefficient (Wildman–Crippen LogP) is 4.16. The summed E-state index contributed by atoms with van der Waals surface area (Å²) in [5, 5.41) is 0. The molecule has 0 spiro atoms. The number of carbonyl (C=O) groups excluding carboxylic acids is 1. The van der Waals surface area contributed by atoms with E-state index in [1.165, 1.54) is 18.1 Å². The van der Waals surface area contributed by atoms with Crippen molar-refractivity contribution in [1.82, 2.24) is 0 Å². The molecule has 1 fully saturated rings. The third-order valence-electron chi connectivity index (χ3n) is 6.24. The van der Waals surface area contributed by atoms with Gasteiger partial charge in [0.1, 0.15) is 5.75 Å². The molecule has 136 valence electrons. The zero-order valence-corrected chi connectivity index (χ0v) is 15.7. The largest absolute Gasteiger partial charge is 0.497 e. The van der Waals surface area contributed by atoms with Crippen LogP contribution in [0.1, 0.15) is 39.4 Å². The third kappa shape index (κ3) is 3.08. The van der Waals surface area contributed by atoms with E-state index in [2.05, 4.69) is 39.0 Å². The maximum Gasteiger partial charge on any atom is 0.302 e. The number of ether oxygens (including phenoxy) is 3. The number of rotatable bonds is 4. The van der Waals surface area contributed by atoms with Crippen molar-refractivity contribution < 1.29 is 19.0 Å². The van der Waals surface area contributed by atoms with E-state index >= 15 is 0 Å². The Kier molecular flexibility index (Phi) is 4.92. The van der Waals surface area contributed by atoms with Crippen LogP contribution in [0.3, 0.4) is 0 Å². The van der Waals surface area contributed by atoms with Crippen LogP contribution in [-0.2, 0) is 14.3 Å². The summed E-state index contributed by atoms with van der Waals surface area (Å²) < 4.78 is 17.1. The summed E-state index contributed by atoms with van der Waals surface area (Å²) in [5.41, 5.74) is 2.37. The Morgan fingerprint density at radius 1 is 1.28 bits per heavy atom. The maximum atomic E-state index is 11.4. The molecule has 1 aliphatic heterocycles. The SMILES string of the molecule is COc1ccc([C@@H]2OC[C@]3(COC(C)=O)[C@@H](C)C=C(C)[C@@H]2[C@@H]3C)cc1. The summed E-state index contributed by atoms with van der Waals surface area (Å²) in [7, 11) is 1.67. The molecule has 1 heterocycles. The fourth-order valence-electron chi connectivity index (χ4n) is 4.59. The van der Waals surface area contributed by atoms with Crippen LogP contribution in [0.4, 0.5) is 0 Å². The molecule has 1 aromatic rings. The van der Waals surface area contributed by atoms with Gasteiger partial charge < -0.3 is 14.2 Å². The Hall–Kier alpha value is -1.81. The van der Waals surface area contributed by atoms with Gasteiger partial charge >= 0.3 is 5.97 Å². The standard InChI is InChI=1S/C21H28O4/c1-13-10-14(2)21(11-24-16(4)22)12-25-20(19(13)15(21)3)17-6-8-18(23-5)9-7-17/h6-10,14-15,19-20H,11-12H2,1-5H3/t14-,15-,19+,20-,21+/m0/s1. The number of methoxy groups -OCH3 is 1. The van der Waals surface area contributed by atoms with Crippen LogP contribution in [0.15, 0.2) is 35.9 Å². The lowest BCUT2D eigenvalue weighted by molar-refractivity contribution is -0.180. The van der Waals surface area contributed by atoms with Crippen LogP contribution in [0.2, 0.25) is 0 Å². The molecule has 0 N–H and O–H groups in total. The van der Waals surface area contributed by atoms with Crippen molar-refractivity contribution in [2.75, 3.05) is 20.3 Å². The van der Waals surface area contributed by atoms with Gasteiger partial charge in [0.15, 0.2) is 0 Å². The number of hydrogen-bond acceptors (Lipinski definition) is 4. The van der Waals surface area contributed by atoms with Gasteiger partial charge in [0.25, 0.3) is 0 Å². The van der Waals surface area contributed by atoms with Crippen LogP contribution < -0.4 is 4.74 Å². The summed E-state index contributed by atoms with van der Waals surface area (Å²) in [4.78, 5) is 11.4. The van der Waals surface area contributed by atoms with Crippen molar-refractivity contribution in [2.24, 2.45) is 23.2 Å². The van der Waals surface area contributed by atoms with Crippen LogP contribution >= 0.6 is 0 Å². The highest BCUT2D eigenvalue weighted by atomic mass is 16.5. The number of esters is 1. The highest BCUT2D eigenvalue weighted by molar-refractivity contribution is 5.66. The van der Waals surface area contributed by atoms with Gasteiger partial charge in [-0.15, -0.1) is 0 Å². The van der Waals surface area contributed by atoms with Crippen LogP contribution in [0, 0.1) is 23.2 Å². The Bertz CT molecular complexity index is 663. The van der Waals surface area contributed by atoms with Crippen molar-refractivity contribution >= 4 is 5.97 Å². The van der Waals surface area contributed by atoms with Crippen molar-refractivity contribution in [3.05, 3.63) is 41.5 Å². The zero-order chi connectivity index (χ0) is 18.2. The van der Waals surface area contributed by atoms with Crippen molar-refractivity contribution in [3.8, 4) is 5.75 Å². The Morgan fingerprint density at radius 3 is 2.56 bits per heavy atom. The highest BCUT2D eigenvalue weighted by Crippen LogP contribution is 2.56. The van der Waals surface area contributed by atoms with E-state index in [0.717, 1.165) is 5.75 Å². The quantitative estimate of drug-likeness (QED) is 0.607. The normalized spacial score (nSPS) is 34.2. The second kappa shape index (κ2) is 6.83. The molecule has 0 aromatic heterocycles. The average Bonchev–Trinajstić information content (AvgIpc) is 2.59. The fourth-order valence-corrected chi connectivity index (χ4v) is 4.59. The minimum absolute atomic E-state index is 0.0232. The second-order valence-electron chi connectivity index (χ2n) is 7.53. The van der Waals surface area contributed by atoms with Gasteiger partial charge in [0.2, 0.25) is 0 Å². The molecule has 2 bridgehead atoms. The lowest BCUT2D eigenvalue weighted by Crippen LogP contribution is -2.54. The lowest BCUT2D eigenvalue weighted by atomic mass is 9.56. The molecule has 3 rings (SSSR count). The van der Waals surface area contributed by atoms with E-state index in [1.54, 1.807) is 7.11 Å². The van der Waals surface area contributed by atoms with Crippen LogP contribution in [0.5, 0.6) is 5.75 Å². The maximum absolute atomic E-state index is 11.4. The van der Waals surface area contributed by atoms with Gasteiger partial charge in [-0.3, -0.25) is 4.79 Å². The molecule has 1 saturated heterocycles. The van der Waals surface area contributed by atoms with E-state index in [1.807, 2.05) is 12.1 Å². The summed E-state index contributed by atoms with van der Waals surface area (Å²) >= 11 is 0. The van der Waals surface area contributed by atoms with Gasteiger partial charge in [-0.25, -0.2) is 0 Å². The molecule has 2 aliphatic rings. The van der Waals surface area contributed by atoms with Crippen molar-refractivity contribution in [3.63, 3.8) is 0 Å². The first kappa shape index (κ1) is 18.0. The minimum Gasteiger partial charge on any atom is -0.497 e. The molecule has 4 nitrogen and oxygen atoms in total. The first-order chi connectivity index (χ1) is 11.9. The Balaban J connectivity index is 1.92. The summed E-state index contributed by atoms with van der Waals surface area (Å²) in [6, 6.07) is 8.13. The Morgan fingerprint density at radius 2 is 1.96 bits per heavy atom.